The van der Waals surface area contributed by atoms with Gasteiger partial charge < -0.3 is 54.1 Å². The van der Waals surface area contributed by atoms with Gasteiger partial charge in [0.1, 0.15) is 35.2 Å². The lowest BCUT2D eigenvalue weighted by Crippen LogP contribution is -2.54. The number of carbonyl (C=O) groups excluding carboxylic acids is 4. The number of hydrogen-bond donors (Lipinski definition) is 4. The van der Waals surface area contributed by atoms with Crippen LogP contribution in [-0.2, 0) is 34.0 Å². The molecule has 3 aliphatic heterocycles. The Morgan fingerprint density at radius 2 is 1.20 bits per heavy atom. The molecule has 0 bridgehead atoms. The summed E-state index contributed by atoms with van der Waals surface area (Å²) >= 11 is 0. The lowest BCUT2D eigenvalue weighted by molar-refractivity contribution is -0.138. The maximum absolute atomic E-state index is 13.7. The largest absolute Gasteiger partial charge is 0.457 e. The Hall–Kier alpha value is -5.94. The number of nitrogens with one attached hydrogen (secondary N) is 4. The summed E-state index contributed by atoms with van der Waals surface area (Å²) in [6.07, 6.45) is 4.02. The van der Waals surface area contributed by atoms with E-state index in [1.165, 1.54) is 28.4 Å². The minimum atomic E-state index is -0.919. The summed E-state index contributed by atoms with van der Waals surface area (Å²) in [7, 11) is 5.50. The van der Waals surface area contributed by atoms with Gasteiger partial charge in [-0.05, 0) is 63.8 Å². The molecule has 60 heavy (non-hydrogen) atoms. The molecule has 320 valence electrons. The highest BCUT2D eigenvalue weighted by atomic mass is 16.5. The smallest absolute Gasteiger partial charge is 0.407 e. The molecule has 4 aromatic rings. The van der Waals surface area contributed by atoms with Gasteiger partial charge in [-0.3, -0.25) is 9.59 Å². The number of methoxy groups -OCH3 is 4. The van der Waals surface area contributed by atoms with E-state index in [9.17, 15) is 19.2 Å². The first kappa shape index (κ1) is 42.2. The number of hydrogen-bond acceptors (Lipinski definition) is 11. The topological polar surface area (TPSA) is 202 Å². The highest BCUT2D eigenvalue weighted by Crippen LogP contribution is 2.50. The van der Waals surface area contributed by atoms with Crippen LogP contribution in [0.2, 0.25) is 0 Å². The number of aromatic amines is 2. The fraction of sp³-hybridized carbons (Fsp3) is 0.488. The Morgan fingerprint density at radius 1 is 0.717 bits per heavy atom. The van der Waals surface area contributed by atoms with Crippen molar-refractivity contribution in [3.05, 3.63) is 71.6 Å². The van der Waals surface area contributed by atoms with Gasteiger partial charge in [-0.2, -0.15) is 0 Å². The van der Waals surface area contributed by atoms with Crippen LogP contribution in [-0.4, -0.2) is 120 Å². The van der Waals surface area contributed by atoms with Gasteiger partial charge in [0.15, 0.2) is 0 Å². The van der Waals surface area contributed by atoms with Gasteiger partial charge >= 0.3 is 12.2 Å². The predicted octanol–water partition coefficient (Wildman–Crippen LogP) is 5.74. The number of aromatic nitrogens is 4. The molecule has 4 N–H and O–H groups in total. The summed E-state index contributed by atoms with van der Waals surface area (Å²) < 4.78 is 26.9. The number of ether oxygens (including phenoxy) is 5. The molecule has 0 unspecified atom stereocenters. The van der Waals surface area contributed by atoms with E-state index >= 15 is 0 Å². The van der Waals surface area contributed by atoms with E-state index in [0.29, 0.717) is 31.2 Å². The van der Waals surface area contributed by atoms with Crippen molar-refractivity contribution in [2.24, 2.45) is 0 Å². The first-order chi connectivity index (χ1) is 28.8. The van der Waals surface area contributed by atoms with Gasteiger partial charge in [0.25, 0.3) is 0 Å². The highest BCUT2D eigenvalue weighted by molar-refractivity contribution is 5.87. The molecule has 17 nitrogen and oxygen atoms in total. The lowest BCUT2D eigenvalue weighted by atomic mass is 9.75. The lowest BCUT2D eigenvalue weighted by Gasteiger charge is -2.35. The SMILES string of the molecule is COC(=O)N[C@H](C(=O)N1CCC[C@H]1c1ncc(-c2ccc3c(c2)Oc2ccc(-c4cnc([C@@H]5CCCN5C(=O)[C@@H](NC(=O)OC)[C@@H](C)OC)[nH]4)cc2C3(C)C)[nH]1)[C@@H](C)OC. The Kier molecular flexibility index (Phi) is 12.2. The predicted molar refractivity (Wildman–Crippen MR) is 219 cm³/mol. The van der Waals surface area contributed by atoms with Gasteiger partial charge in [0, 0.05) is 55.0 Å². The molecule has 6 atom stereocenters. The molecule has 2 fully saturated rings. The quantitative estimate of drug-likeness (QED) is 0.136. The first-order valence-electron chi connectivity index (χ1n) is 20.2. The second-order valence-corrected chi connectivity index (χ2v) is 16.0. The number of benzene rings is 2. The van der Waals surface area contributed by atoms with E-state index in [1.807, 2.05) is 24.3 Å². The molecule has 17 heteroatoms. The third-order valence-electron chi connectivity index (χ3n) is 12.2. The number of amides is 4. The Morgan fingerprint density at radius 3 is 1.68 bits per heavy atom. The standard InChI is InChI=1S/C43H54N8O9/c1-23(56-5)35(48-41(54)58-7)39(52)50-17-9-11-31(50)37-44-21-29(46-37)25-14-16-33-28(19-25)43(3,4)27-15-13-26(20-34(27)60-33)30-22-45-38(47-30)32-12-10-18-51(32)40(53)36(24(2)57-6)49-42(55)59-8/h13-16,19-24,31-32,35-36H,9-12,17-18H2,1-8H3,(H,44,46)(H,45,47)(H,48,54)(H,49,55)/t23-,24-,31+,32+,35+,36+/m1/s1. The number of carbonyl (C=O) groups is 4. The third-order valence-corrected chi connectivity index (χ3v) is 12.2. The summed E-state index contributed by atoms with van der Waals surface area (Å²) in [5.41, 5.74) is 5.00. The van der Waals surface area contributed by atoms with Gasteiger partial charge in [-0.25, -0.2) is 19.6 Å². The van der Waals surface area contributed by atoms with Gasteiger partial charge in [0.05, 0.1) is 62.3 Å². The van der Waals surface area contributed by atoms with Crippen LogP contribution in [0.1, 0.15) is 88.2 Å². The van der Waals surface area contributed by atoms with Crippen molar-refractivity contribution >= 4 is 24.0 Å². The zero-order chi connectivity index (χ0) is 42.9. The monoisotopic (exact) mass is 826 g/mol. The van der Waals surface area contributed by atoms with E-state index in [4.69, 9.17) is 33.7 Å². The minimum absolute atomic E-state index is 0.262. The number of likely N-dealkylation sites (tertiary alicyclic amines) is 2. The van der Waals surface area contributed by atoms with E-state index < -0.39 is 41.9 Å². The third kappa shape index (κ3) is 8.02. The molecule has 5 heterocycles. The summed E-state index contributed by atoms with van der Waals surface area (Å²) in [4.78, 5) is 71.5. The van der Waals surface area contributed by atoms with Crippen molar-refractivity contribution in [2.45, 2.75) is 95.2 Å². The first-order valence-corrected chi connectivity index (χ1v) is 20.2. The maximum atomic E-state index is 13.7. The van der Waals surface area contributed by atoms with Gasteiger partial charge in [0.2, 0.25) is 11.8 Å². The number of alkyl carbamates (subject to hydrolysis) is 2. The van der Waals surface area contributed by atoms with E-state index in [0.717, 1.165) is 64.4 Å². The van der Waals surface area contributed by atoms with Gasteiger partial charge in [-0.15, -0.1) is 0 Å². The molecule has 3 aliphatic rings. The van der Waals surface area contributed by atoms with Crippen molar-refractivity contribution in [2.75, 3.05) is 41.5 Å². The second-order valence-electron chi connectivity index (χ2n) is 16.0. The summed E-state index contributed by atoms with van der Waals surface area (Å²) in [6, 6.07) is 9.77. The fourth-order valence-electron chi connectivity index (χ4n) is 8.53. The highest BCUT2D eigenvalue weighted by Gasteiger charge is 2.41. The maximum Gasteiger partial charge on any atom is 0.407 e. The molecule has 7 rings (SSSR count). The van der Waals surface area contributed by atoms with E-state index in [2.05, 4.69) is 46.6 Å². The molecule has 0 radical (unpaired) electrons. The number of H-pyrrole nitrogens is 2. The Bertz CT molecular complexity index is 2240. The molecule has 2 saturated heterocycles. The Labute approximate surface area is 348 Å². The number of rotatable bonds is 12. The minimum Gasteiger partial charge on any atom is -0.457 e. The molecule has 2 aromatic heterocycles. The zero-order valence-corrected chi connectivity index (χ0v) is 35.3. The molecular formula is C43H54N8O9. The fourth-order valence-corrected chi connectivity index (χ4v) is 8.53. The molecule has 0 aliphatic carbocycles. The number of fused-ring (bicyclic) bond motifs is 2. The van der Waals surface area contributed by atoms with Crippen LogP contribution in [0.15, 0.2) is 48.8 Å². The van der Waals surface area contributed by atoms with E-state index in [-0.39, 0.29) is 23.9 Å². The summed E-state index contributed by atoms with van der Waals surface area (Å²) in [5.74, 6) is 2.27. The van der Waals surface area contributed by atoms with Crippen LogP contribution in [0, 0.1) is 0 Å². The second kappa shape index (κ2) is 17.3. The molecule has 4 amide bonds. The average molecular weight is 827 g/mol. The Balaban J connectivity index is 1.08. The van der Waals surface area contributed by atoms with Crippen LogP contribution in [0.4, 0.5) is 9.59 Å². The molecular weight excluding hydrogens is 773 g/mol. The van der Waals surface area contributed by atoms with Crippen molar-refractivity contribution in [3.63, 3.8) is 0 Å². The van der Waals surface area contributed by atoms with Crippen molar-refractivity contribution in [3.8, 4) is 34.0 Å². The van der Waals surface area contributed by atoms with E-state index in [1.54, 1.807) is 36.0 Å². The van der Waals surface area contributed by atoms with Crippen LogP contribution >= 0.6 is 0 Å². The van der Waals surface area contributed by atoms with Gasteiger partial charge in [-0.1, -0.05) is 26.0 Å². The van der Waals surface area contributed by atoms with Crippen molar-refractivity contribution < 1.29 is 42.9 Å². The number of nitrogens with zero attached hydrogens (tertiary/aromatic N) is 4. The number of imidazole rings is 2. The van der Waals surface area contributed by atoms with Crippen LogP contribution in [0.5, 0.6) is 11.5 Å². The van der Waals surface area contributed by atoms with Crippen molar-refractivity contribution in [1.29, 1.82) is 0 Å². The average Bonchev–Trinajstić information content (AvgIpc) is 4.10. The molecule has 2 aromatic carbocycles. The van der Waals surface area contributed by atoms with Crippen molar-refractivity contribution in [1.82, 2.24) is 40.4 Å². The van der Waals surface area contributed by atoms with Crippen LogP contribution in [0.25, 0.3) is 22.5 Å². The molecule has 0 saturated carbocycles. The summed E-state index contributed by atoms with van der Waals surface area (Å²) in [6.45, 7) is 8.84. The normalized spacial score (nSPS) is 19.9. The summed E-state index contributed by atoms with van der Waals surface area (Å²) in [5, 5.41) is 5.26. The van der Waals surface area contributed by atoms with Crippen LogP contribution in [0.3, 0.4) is 0 Å². The van der Waals surface area contributed by atoms with Crippen LogP contribution < -0.4 is 15.4 Å². The molecule has 0 spiro atoms. The zero-order valence-electron chi connectivity index (χ0n) is 35.3.